The van der Waals surface area contributed by atoms with Gasteiger partial charge in [-0.25, -0.2) is 9.97 Å². The van der Waals surface area contributed by atoms with Crippen LogP contribution in [0.3, 0.4) is 0 Å². The van der Waals surface area contributed by atoms with Crippen molar-refractivity contribution in [3.8, 4) is 0 Å². The Kier molecular flexibility index (Phi) is 2.92. The fourth-order valence-corrected chi connectivity index (χ4v) is 3.04. The summed E-state index contributed by atoms with van der Waals surface area (Å²) in [6.07, 6.45) is 7.12. The van der Waals surface area contributed by atoms with E-state index < -0.39 is 0 Å². The minimum Gasteiger partial charge on any atom is -0.352 e. The fourth-order valence-electron chi connectivity index (χ4n) is 3.04. The maximum atomic E-state index is 4.52. The highest BCUT2D eigenvalue weighted by Gasteiger charge is 2.33. The smallest absolute Gasteiger partial charge is 0.160 e. The maximum Gasteiger partial charge on any atom is 0.160 e. The lowest BCUT2D eigenvalue weighted by molar-refractivity contribution is 0.253. The van der Waals surface area contributed by atoms with Crippen LogP contribution in [0.4, 0.5) is 5.82 Å². The number of nitrogens with zero attached hydrogens (tertiary/aromatic N) is 4. The Hall–Kier alpha value is -1.65. The van der Waals surface area contributed by atoms with E-state index in [1.165, 1.54) is 12.8 Å². The Morgan fingerprint density at radius 2 is 2.26 bits per heavy atom. The second-order valence-corrected chi connectivity index (χ2v) is 6.22. The summed E-state index contributed by atoms with van der Waals surface area (Å²) in [6, 6.07) is 0.570. The molecular formula is C14H21N5. The molecule has 2 aromatic heterocycles. The molecule has 1 N–H and O–H groups in total. The van der Waals surface area contributed by atoms with Crippen LogP contribution in [-0.2, 0) is 0 Å². The standard InChI is InChI=1S/C14H21N5/c1-4-10-5-6-14(2,3)8-19(10)13-11-7-17-18-12(11)15-9-16-13/h7,9-10H,4-6,8H2,1-3H3,(H,15,16,17,18). The van der Waals surface area contributed by atoms with Crippen LogP contribution in [0.25, 0.3) is 11.0 Å². The lowest BCUT2D eigenvalue weighted by Crippen LogP contribution is -2.47. The van der Waals surface area contributed by atoms with Crippen molar-refractivity contribution in [3.05, 3.63) is 12.5 Å². The number of aromatic nitrogens is 4. The van der Waals surface area contributed by atoms with Crippen LogP contribution in [0.5, 0.6) is 0 Å². The number of nitrogens with one attached hydrogen (secondary N) is 1. The van der Waals surface area contributed by atoms with Crippen LogP contribution < -0.4 is 4.90 Å². The highest BCUT2D eigenvalue weighted by Crippen LogP contribution is 2.37. The molecule has 1 fully saturated rings. The molecule has 2 aromatic rings. The number of piperidine rings is 1. The van der Waals surface area contributed by atoms with Crippen molar-refractivity contribution in [2.75, 3.05) is 11.4 Å². The highest BCUT2D eigenvalue weighted by atomic mass is 15.2. The van der Waals surface area contributed by atoms with Crippen LogP contribution >= 0.6 is 0 Å². The van der Waals surface area contributed by atoms with Crippen molar-refractivity contribution in [3.63, 3.8) is 0 Å². The Morgan fingerprint density at radius 3 is 3.05 bits per heavy atom. The molecule has 0 bridgehead atoms. The number of H-pyrrole nitrogens is 1. The Balaban J connectivity index is 2.04. The molecule has 5 nitrogen and oxygen atoms in total. The Bertz CT molecular complexity index is 574. The Morgan fingerprint density at radius 1 is 1.42 bits per heavy atom. The maximum absolute atomic E-state index is 4.52. The number of hydrogen-bond donors (Lipinski definition) is 1. The molecule has 0 amide bonds. The second-order valence-electron chi connectivity index (χ2n) is 6.22. The van der Waals surface area contributed by atoms with Gasteiger partial charge < -0.3 is 4.90 Å². The molecule has 0 aliphatic carbocycles. The van der Waals surface area contributed by atoms with E-state index in [0.717, 1.165) is 29.8 Å². The van der Waals surface area contributed by atoms with Gasteiger partial charge in [-0.2, -0.15) is 5.10 Å². The van der Waals surface area contributed by atoms with Crippen LogP contribution in [0, 0.1) is 5.41 Å². The molecule has 1 unspecified atom stereocenters. The molecule has 0 saturated carbocycles. The summed E-state index contributed by atoms with van der Waals surface area (Å²) in [4.78, 5) is 11.2. The molecule has 102 valence electrons. The zero-order chi connectivity index (χ0) is 13.5. The molecule has 1 aliphatic rings. The van der Waals surface area contributed by atoms with E-state index >= 15 is 0 Å². The van der Waals surface area contributed by atoms with Crippen molar-refractivity contribution in [1.29, 1.82) is 0 Å². The average Bonchev–Trinajstić information content (AvgIpc) is 2.85. The monoisotopic (exact) mass is 259 g/mol. The number of anilines is 1. The minimum atomic E-state index is 0.340. The predicted molar refractivity (Wildman–Crippen MR) is 76.1 cm³/mol. The first-order chi connectivity index (χ1) is 9.11. The van der Waals surface area contributed by atoms with Gasteiger partial charge in [0.15, 0.2) is 5.65 Å². The largest absolute Gasteiger partial charge is 0.352 e. The minimum absolute atomic E-state index is 0.340. The van der Waals surface area contributed by atoms with E-state index in [0.29, 0.717) is 11.5 Å². The molecule has 3 rings (SSSR count). The summed E-state index contributed by atoms with van der Waals surface area (Å²) >= 11 is 0. The molecule has 3 heterocycles. The third kappa shape index (κ3) is 2.17. The van der Waals surface area contributed by atoms with Gasteiger partial charge in [0.25, 0.3) is 0 Å². The van der Waals surface area contributed by atoms with E-state index in [2.05, 4.69) is 45.8 Å². The number of fused-ring (bicyclic) bond motifs is 1. The van der Waals surface area contributed by atoms with Crippen molar-refractivity contribution in [1.82, 2.24) is 20.2 Å². The molecule has 0 aromatic carbocycles. The second kappa shape index (κ2) is 4.47. The van der Waals surface area contributed by atoms with Gasteiger partial charge >= 0.3 is 0 Å². The molecule has 5 heteroatoms. The molecular weight excluding hydrogens is 238 g/mol. The van der Waals surface area contributed by atoms with Crippen molar-refractivity contribution in [2.45, 2.75) is 46.1 Å². The summed E-state index contributed by atoms with van der Waals surface area (Å²) in [5.74, 6) is 1.03. The first-order valence-corrected chi connectivity index (χ1v) is 7.01. The number of aromatic amines is 1. The molecule has 1 saturated heterocycles. The Labute approximate surface area is 113 Å². The zero-order valence-electron chi connectivity index (χ0n) is 11.8. The van der Waals surface area contributed by atoms with Gasteiger partial charge in [-0.05, 0) is 24.7 Å². The van der Waals surface area contributed by atoms with Crippen LogP contribution in [0.2, 0.25) is 0 Å². The van der Waals surface area contributed by atoms with Gasteiger partial charge in [0.2, 0.25) is 0 Å². The average molecular weight is 259 g/mol. The third-order valence-corrected chi connectivity index (χ3v) is 4.16. The molecule has 0 radical (unpaired) electrons. The fraction of sp³-hybridized carbons (Fsp3) is 0.643. The van der Waals surface area contributed by atoms with Crippen molar-refractivity contribution >= 4 is 16.9 Å². The summed E-state index contributed by atoms with van der Waals surface area (Å²) in [7, 11) is 0. The van der Waals surface area contributed by atoms with Gasteiger partial charge in [-0.3, -0.25) is 5.10 Å². The number of hydrogen-bond acceptors (Lipinski definition) is 4. The van der Waals surface area contributed by atoms with Gasteiger partial charge in [-0.1, -0.05) is 20.8 Å². The topological polar surface area (TPSA) is 57.7 Å². The summed E-state index contributed by atoms with van der Waals surface area (Å²) in [6.45, 7) is 7.96. The van der Waals surface area contributed by atoms with Gasteiger partial charge in [0, 0.05) is 12.6 Å². The lowest BCUT2D eigenvalue weighted by atomic mass is 9.80. The SMILES string of the molecule is CCC1CCC(C)(C)CN1c1ncnc2[nH]ncc12. The summed E-state index contributed by atoms with van der Waals surface area (Å²) in [5, 5.41) is 8.04. The molecule has 1 atom stereocenters. The third-order valence-electron chi connectivity index (χ3n) is 4.16. The highest BCUT2D eigenvalue weighted by molar-refractivity contribution is 5.86. The van der Waals surface area contributed by atoms with Gasteiger partial charge in [0.05, 0.1) is 11.6 Å². The molecule has 1 aliphatic heterocycles. The molecule has 0 spiro atoms. The number of rotatable bonds is 2. The van der Waals surface area contributed by atoms with Crippen LogP contribution in [0.1, 0.15) is 40.0 Å². The zero-order valence-corrected chi connectivity index (χ0v) is 11.8. The first-order valence-electron chi connectivity index (χ1n) is 7.01. The lowest BCUT2D eigenvalue weighted by Gasteiger charge is -2.44. The van der Waals surface area contributed by atoms with E-state index in [-0.39, 0.29) is 0 Å². The van der Waals surface area contributed by atoms with Gasteiger partial charge in [-0.15, -0.1) is 0 Å². The van der Waals surface area contributed by atoms with Crippen molar-refractivity contribution in [2.24, 2.45) is 5.41 Å². The van der Waals surface area contributed by atoms with E-state index in [1.807, 2.05) is 6.20 Å². The van der Waals surface area contributed by atoms with E-state index in [9.17, 15) is 0 Å². The van der Waals surface area contributed by atoms with Crippen LogP contribution in [-0.4, -0.2) is 32.8 Å². The quantitative estimate of drug-likeness (QED) is 0.901. The van der Waals surface area contributed by atoms with Crippen molar-refractivity contribution < 1.29 is 0 Å². The predicted octanol–water partition coefficient (Wildman–Crippen LogP) is 2.76. The van der Waals surface area contributed by atoms with E-state index in [1.54, 1.807) is 6.33 Å². The first kappa shape index (κ1) is 12.4. The molecule has 19 heavy (non-hydrogen) atoms. The summed E-state index contributed by atoms with van der Waals surface area (Å²) in [5.41, 5.74) is 1.16. The van der Waals surface area contributed by atoms with Gasteiger partial charge in [0.1, 0.15) is 12.1 Å². The summed E-state index contributed by atoms with van der Waals surface area (Å²) < 4.78 is 0. The van der Waals surface area contributed by atoms with E-state index in [4.69, 9.17) is 0 Å². The van der Waals surface area contributed by atoms with Crippen LogP contribution in [0.15, 0.2) is 12.5 Å². The normalized spacial score (nSPS) is 22.9.